The van der Waals surface area contributed by atoms with Gasteiger partial charge in [-0.3, -0.25) is 4.79 Å². The molecule has 0 bridgehead atoms. The van der Waals surface area contributed by atoms with Crippen LogP contribution in [0.2, 0.25) is 0 Å². The summed E-state index contributed by atoms with van der Waals surface area (Å²) in [6.07, 6.45) is 0. The zero-order valence-corrected chi connectivity index (χ0v) is 11.3. The van der Waals surface area contributed by atoms with Crippen molar-refractivity contribution in [3.63, 3.8) is 0 Å². The fourth-order valence-corrected chi connectivity index (χ4v) is 1.57. The van der Waals surface area contributed by atoms with Crippen LogP contribution in [0.3, 0.4) is 0 Å². The van der Waals surface area contributed by atoms with E-state index in [1.807, 2.05) is 6.92 Å². The Labute approximate surface area is 109 Å². The van der Waals surface area contributed by atoms with Crippen LogP contribution >= 0.6 is 0 Å². The Morgan fingerprint density at radius 3 is 2.61 bits per heavy atom. The standard InChI is InChI=1S/C14H22N2O2/c1-11-4-6-13(7-5-11)12(2)16-10-14(17)15-8-9-18-3/h4-7,12,16H,8-10H2,1-3H3,(H,15,17)/t12-/m0/s1. The second-order valence-corrected chi connectivity index (χ2v) is 4.36. The van der Waals surface area contributed by atoms with Crippen LogP contribution < -0.4 is 10.6 Å². The van der Waals surface area contributed by atoms with Crippen molar-refractivity contribution >= 4 is 5.91 Å². The number of nitrogens with one attached hydrogen (secondary N) is 2. The summed E-state index contributed by atoms with van der Waals surface area (Å²) in [6.45, 7) is 5.52. The van der Waals surface area contributed by atoms with E-state index in [4.69, 9.17) is 4.74 Å². The van der Waals surface area contributed by atoms with Crippen LogP contribution in [-0.4, -0.2) is 32.7 Å². The summed E-state index contributed by atoms with van der Waals surface area (Å²) in [5.41, 5.74) is 2.42. The van der Waals surface area contributed by atoms with Crippen LogP contribution in [-0.2, 0) is 9.53 Å². The average molecular weight is 250 g/mol. The zero-order chi connectivity index (χ0) is 13.4. The Morgan fingerprint density at radius 2 is 2.00 bits per heavy atom. The van der Waals surface area contributed by atoms with Crippen LogP contribution in [0.1, 0.15) is 24.1 Å². The van der Waals surface area contributed by atoms with Crippen molar-refractivity contribution < 1.29 is 9.53 Å². The maximum atomic E-state index is 11.5. The van der Waals surface area contributed by atoms with Gasteiger partial charge in [0.05, 0.1) is 13.2 Å². The highest BCUT2D eigenvalue weighted by molar-refractivity contribution is 5.78. The molecule has 0 radical (unpaired) electrons. The molecule has 0 spiro atoms. The van der Waals surface area contributed by atoms with Gasteiger partial charge >= 0.3 is 0 Å². The molecule has 0 aromatic heterocycles. The van der Waals surface area contributed by atoms with Crippen LogP contribution in [0.5, 0.6) is 0 Å². The van der Waals surface area contributed by atoms with Crippen LogP contribution in [0.25, 0.3) is 0 Å². The summed E-state index contributed by atoms with van der Waals surface area (Å²) < 4.78 is 4.86. The number of amides is 1. The number of benzene rings is 1. The molecule has 1 rings (SSSR count). The Bertz CT molecular complexity index is 363. The fourth-order valence-electron chi connectivity index (χ4n) is 1.57. The maximum absolute atomic E-state index is 11.5. The molecule has 2 N–H and O–H groups in total. The second kappa shape index (κ2) is 7.84. The van der Waals surface area contributed by atoms with E-state index in [1.54, 1.807) is 7.11 Å². The first-order valence-corrected chi connectivity index (χ1v) is 6.19. The van der Waals surface area contributed by atoms with Crippen LogP contribution in [0.4, 0.5) is 0 Å². The van der Waals surface area contributed by atoms with Crippen molar-refractivity contribution in [2.75, 3.05) is 26.8 Å². The molecule has 4 nitrogen and oxygen atoms in total. The highest BCUT2D eigenvalue weighted by atomic mass is 16.5. The number of ether oxygens (including phenoxy) is 1. The Morgan fingerprint density at radius 1 is 1.33 bits per heavy atom. The van der Waals surface area contributed by atoms with E-state index in [2.05, 4.69) is 41.8 Å². The van der Waals surface area contributed by atoms with Crippen molar-refractivity contribution in [3.05, 3.63) is 35.4 Å². The van der Waals surface area contributed by atoms with Gasteiger partial charge in [0.25, 0.3) is 0 Å². The number of aryl methyl sites for hydroxylation is 1. The molecule has 0 aliphatic heterocycles. The SMILES string of the molecule is COCCNC(=O)CN[C@@H](C)c1ccc(C)cc1. The predicted molar refractivity (Wildman–Crippen MR) is 72.5 cm³/mol. The lowest BCUT2D eigenvalue weighted by atomic mass is 10.1. The summed E-state index contributed by atoms with van der Waals surface area (Å²) in [5, 5.41) is 5.97. The third-order valence-corrected chi connectivity index (χ3v) is 2.77. The van der Waals surface area contributed by atoms with Gasteiger partial charge in [0.15, 0.2) is 0 Å². The van der Waals surface area contributed by atoms with E-state index in [9.17, 15) is 4.79 Å². The molecule has 0 aliphatic rings. The highest BCUT2D eigenvalue weighted by Crippen LogP contribution is 2.12. The molecule has 1 aromatic carbocycles. The van der Waals surface area contributed by atoms with E-state index in [0.717, 1.165) is 0 Å². The number of carbonyl (C=O) groups is 1. The summed E-state index contributed by atoms with van der Waals surface area (Å²) in [7, 11) is 1.61. The van der Waals surface area contributed by atoms with Crippen molar-refractivity contribution in [1.29, 1.82) is 0 Å². The lowest BCUT2D eigenvalue weighted by Gasteiger charge is -2.14. The molecule has 18 heavy (non-hydrogen) atoms. The molecule has 4 heteroatoms. The lowest BCUT2D eigenvalue weighted by Crippen LogP contribution is -2.36. The Hall–Kier alpha value is -1.39. The predicted octanol–water partition coefficient (Wildman–Crippen LogP) is 1.41. The Kier molecular flexibility index (Phi) is 6.39. The summed E-state index contributed by atoms with van der Waals surface area (Å²) in [4.78, 5) is 11.5. The number of carbonyl (C=O) groups excluding carboxylic acids is 1. The van der Waals surface area contributed by atoms with Crippen molar-refractivity contribution in [1.82, 2.24) is 10.6 Å². The lowest BCUT2D eigenvalue weighted by molar-refractivity contribution is -0.120. The molecule has 0 heterocycles. The third kappa shape index (κ3) is 5.29. The van der Waals surface area contributed by atoms with Gasteiger partial charge in [0, 0.05) is 19.7 Å². The fraction of sp³-hybridized carbons (Fsp3) is 0.500. The smallest absolute Gasteiger partial charge is 0.234 e. The van der Waals surface area contributed by atoms with E-state index in [0.29, 0.717) is 19.7 Å². The first kappa shape index (κ1) is 14.7. The van der Waals surface area contributed by atoms with Crippen LogP contribution in [0, 0.1) is 6.92 Å². The molecule has 0 aliphatic carbocycles. The summed E-state index contributed by atoms with van der Waals surface area (Å²) >= 11 is 0. The normalized spacial score (nSPS) is 12.2. The van der Waals surface area contributed by atoms with E-state index in [-0.39, 0.29) is 11.9 Å². The van der Waals surface area contributed by atoms with Crippen molar-refractivity contribution in [2.24, 2.45) is 0 Å². The molecular weight excluding hydrogens is 228 g/mol. The van der Waals surface area contributed by atoms with Crippen LogP contribution in [0.15, 0.2) is 24.3 Å². The molecule has 1 atom stereocenters. The van der Waals surface area contributed by atoms with E-state index in [1.165, 1.54) is 11.1 Å². The quantitative estimate of drug-likeness (QED) is 0.719. The highest BCUT2D eigenvalue weighted by Gasteiger charge is 2.06. The van der Waals surface area contributed by atoms with Gasteiger partial charge in [0.1, 0.15) is 0 Å². The minimum atomic E-state index is -0.00832. The summed E-state index contributed by atoms with van der Waals surface area (Å²) in [6, 6.07) is 8.48. The minimum absolute atomic E-state index is 0.00832. The van der Waals surface area contributed by atoms with Gasteiger partial charge in [-0.25, -0.2) is 0 Å². The zero-order valence-electron chi connectivity index (χ0n) is 11.3. The number of hydrogen-bond donors (Lipinski definition) is 2. The third-order valence-electron chi connectivity index (χ3n) is 2.77. The molecular formula is C14H22N2O2. The molecule has 0 saturated carbocycles. The average Bonchev–Trinajstić information content (AvgIpc) is 2.37. The number of hydrogen-bond acceptors (Lipinski definition) is 3. The molecule has 1 aromatic rings. The first-order chi connectivity index (χ1) is 8.63. The topological polar surface area (TPSA) is 50.4 Å². The van der Waals surface area contributed by atoms with Gasteiger partial charge in [-0.2, -0.15) is 0 Å². The van der Waals surface area contributed by atoms with E-state index >= 15 is 0 Å². The monoisotopic (exact) mass is 250 g/mol. The summed E-state index contributed by atoms with van der Waals surface area (Å²) in [5.74, 6) is -0.00832. The van der Waals surface area contributed by atoms with E-state index < -0.39 is 0 Å². The van der Waals surface area contributed by atoms with Gasteiger partial charge < -0.3 is 15.4 Å². The van der Waals surface area contributed by atoms with Gasteiger partial charge in [-0.05, 0) is 19.4 Å². The second-order valence-electron chi connectivity index (χ2n) is 4.36. The molecule has 1 amide bonds. The van der Waals surface area contributed by atoms with Crippen molar-refractivity contribution in [2.45, 2.75) is 19.9 Å². The number of rotatable bonds is 7. The van der Waals surface area contributed by atoms with Crippen molar-refractivity contribution in [3.8, 4) is 0 Å². The van der Waals surface area contributed by atoms with Gasteiger partial charge in [-0.1, -0.05) is 29.8 Å². The number of methoxy groups -OCH3 is 1. The van der Waals surface area contributed by atoms with Gasteiger partial charge in [-0.15, -0.1) is 0 Å². The largest absolute Gasteiger partial charge is 0.383 e. The minimum Gasteiger partial charge on any atom is -0.383 e. The maximum Gasteiger partial charge on any atom is 0.234 e. The molecule has 0 saturated heterocycles. The molecule has 100 valence electrons. The first-order valence-electron chi connectivity index (χ1n) is 6.19. The molecule has 0 fully saturated rings. The molecule has 0 unspecified atom stereocenters. The Balaban J connectivity index is 2.30. The van der Waals surface area contributed by atoms with Gasteiger partial charge in [0.2, 0.25) is 5.91 Å².